The highest BCUT2D eigenvalue weighted by Crippen LogP contribution is 2.38. The lowest BCUT2D eigenvalue weighted by Crippen LogP contribution is -2.36. The van der Waals surface area contributed by atoms with E-state index in [1.165, 1.54) is 0 Å². The monoisotopic (exact) mass is 534 g/mol. The van der Waals surface area contributed by atoms with Crippen molar-refractivity contribution in [1.29, 1.82) is 0 Å². The van der Waals surface area contributed by atoms with E-state index in [9.17, 15) is 0 Å². The maximum absolute atomic E-state index is 5.40. The highest BCUT2D eigenvalue weighted by atomic mass is 127. The van der Waals surface area contributed by atoms with Crippen molar-refractivity contribution < 1.29 is 14.2 Å². The minimum Gasteiger partial charge on any atom is -0.493 e. The number of aliphatic imine (C=N–C) groups is 1. The van der Waals surface area contributed by atoms with Gasteiger partial charge in [-0.1, -0.05) is 20.8 Å². The molecular weight excluding hydrogens is 503 g/mol. The fourth-order valence-corrected chi connectivity index (χ4v) is 3.50. The van der Waals surface area contributed by atoms with Crippen molar-refractivity contribution in [2.24, 2.45) is 4.99 Å². The van der Waals surface area contributed by atoms with Crippen LogP contribution in [0.5, 0.6) is 17.2 Å². The Kier molecular flexibility index (Phi) is 9.97. The molecule has 0 aliphatic rings. The van der Waals surface area contributed by atoms with Gasteiger partial charge in [0.2, 0.25) is 5.75 Å². The molecule has 0 radical (unpaired) electrons. The summed E-state index contributed by atoms with van der Waals surface area (Å²) in [6.45, 7) is 7.67. The first-order valence-corrected chi connectivity index (χ1v) is 9.88. The molecule has 2 N–H and O–H groups in total. The molecule has 0 atom stereocenters. The normalized spacial score (nSPS) is 11.5. The number of rotatable bonds is 7. The lowest BCUT2D eigenvalue weighted by molar-refractivity contribution is 0.323. The van der Waals surface area contributed by atoms with Gasteiger partial charge in [0, 0.05) is 24.4 Å². The summed E-state index contributed by atoms with van der Waals surface area (Å²) in [5.74, 6) is 2.52. The molecule has 0 amide bonds. The Labute approximate surface area is 194 Å². The van der Waals surface area contributed by atoms with Crippen molar-refractivity contribution in [2.45, 2.75) is 39.3 Å². The van der Waals surface area contributed by atoms with Gasteiger partial charge in [-0.15, -0.1) is 35.3 Å². The van der Waals surface area contributed by atoms with Crippen molar-refractivity contribution in [1.82, 2.24) is 15.6 Å². The molecule has 0 saturated heterocycles. The van der Waals surface area contributed by atoms with Gasteiger partial charge in [-0.25, -0.2) is 4.98 Å². The second-order valence-electron chi connectivity index (χ2n) is 7.19. The van der Waals surface area contributed by atoms with Crippen molar-refractivity contribution in [2.75, 3.05) is 28.4 Å². The van der Waals surface area contributed by atoms with Gasteiger partial charge in [-0.3, -0.25) is 4.99 Å². The predicted octanol–water partition coefficient (Wildman–Crippen LogP) is 3.95. The third kappa shape index (κ3) is 6.91. The number of aromatic nitrogens is 1. The second-order valence-corrected chi connectivity index (χ2v) is 8.13. The van der Waals surface area contributed by atoms with Gasteiger partial charge in [0.15, 0.2) is 17.5 Å². The number of hydrogen-bond acceptors (Lipinski definition) is 6. The summed E-state index contributed by atoms with van der Waals surface area (Å²) in [6, 6.07) is 3.83. The lowest BCUT2D eigenvalue weighted by atomic mass is 9.93. The molecule has 0 fully saturated rings. The molecule has 29 heavy (non-hydrogen) atoms. The van der Waals surface area contributed by atoms with Gasteiger partial charge in [-0.05, 0) is 17.7 Å². The number of nitrogens with one attached hydrogen (secondary N) is 2. The summed E-state index contributed by atoms with van der Waals surface area (Å²) in [6.07, 6.45) is 0. The molecule has 0 spiro atoms. The quantitative estimate of drug-likeness (QED) is 0.319. The third-order valence-corrected chi connectivity index (χ3v) is 4.98. The van der Waals surface area contributed by atoms with Gasteiger partial charge in [-0.2, -0.15) is 0 Å². The molecule has 162 valence electrons. The number of hydrogen-bond donors (Lipinski definition) is 2. The summed E-state index contributed by atoms with van der Waals surface area (Å²) >= 11 is 1.65. The number of halogens is 1. The molecule has 1 aromatic carbocycles. The van der Waals surface area contributed by atoms with E-state index in [1.54, 1.807) is 39.7 Å². The van der Waals surface area contributed by atoms with Crippen LogP contribution in [0.25, 0.3) is 0 Å². The number of ether oxygens (including phenoxy) is 3. The lowest BCUT2D eigenvalue weighted by Gasteiger charge is -2.16. The average molecular weight is 534 g/mol. The summed E-state index contributed by atoms with van der Waals surface area (Å²) < 4.78 is 16.2. The first-order chi connectivity index (χ1) is 13.3. The Morgan fingerprint density at radius 1 is 1.03 bits per heavy atom. The average Bonchev–Trinajstić information content (AvgIpc) is 3.16. The molecule has 1 aromatic heterocycles. The van der Waals surface area contributed by atoms with Crippen LogP contribution >= 0.6 is 35.3 Å². The van der Waals surface area contributed by atoms with Crippen molar-refractivity contribution in [3.8, 4) is 17.2 Å². The van der Waals surface area contributed by atoms with E-state index in [4.69, 9.17) is 19.2 Å². The standard InChI is InChI=1S/C20H30N4O3S.HI/c1-20(2,3)16-12-28-17(24-16)11-23-19(21-4)22-10-13-8-14(25-5)18(27-7)15(9-13)26-6;/h8-9,12H,10-11H2,1-7H3,(H2,21,22,23);1H. The summed E-state index contributed by atoms with van der Waals surface area (Å²) in [7, 11) is 6.55. The molecule has 9 heteroatoms. The maximum Gasteiger partial charge on any atom is 0.203 e. The summed E-state index contributed by atoms with van der Waals surface area (Å²) in [4.78, 5) is 8.97. The zero-order valence-electron chi connectivity index (χ0n) is 18.1. The topological polar surface area (TPSA) is 77.0 Å². The Morgan fingerprint density at radius 2 is 1.62 bits per heavy atom. The van der Waals surface area contributed by atoms with Crippen LogP contribution in [0.3, 0.4) is 0 Å². The highest BCUT2D eigenvalue weighted by Gasteiger charge is 2.17. The van der Waals surface area contributed by atoms with Gasteiger partial charge >= 0.3 is 0 Å². The second kappa shape index (κ2) is 11.4. The minimum atomic E-state index is 0. The first-order valence-electron chi connectivity index (χ1n) is 9.00. The van der Waals surface area contributed by atoms with E-state index < -0.39 is 0 Å². The van der Waals surface area contributed by atoms with Crippen LogP contribution in [-0.2, 0) is 18.5 Å². The van der Waals surface area contributed by atoms with Crippen LogP contribution < -0.4 is 24.8 Å². The van der Waals surface area contributed by atoms with Crippen molar-refractivity contribution >= 4 is 41.3 Å². The summed E-state index contributed by atoms with van der Waals surface area (Å²) in [5, 5.41) is 9.74. The van der Waals surface area contributed by atoms with E-state index in [2.05, 4.69) is 41.8 Å². The smallest absolute Gasteiger partial charge is 0.203 e. The molecule has 0 unspecified atom stereocenters. The third-order valence-electron chi connectivity index (χ3n) is 4.14. The minimum absolute atomic E-state index is 0. The molecule has 0 saturated carbocycles. The van der Waals surface area contributed by atoms with Crippen molar-refractivity contribution in [3.05, 3.63) is 33.8 Å². The molecular formula is C20H31IN4O3S. The predicted molar refractivity (Wildman–Crippen MR) is 129 cm³/mol. The Bertz CT molecular complexity index is 793. The van der Waals surface area contributed by atoms with E-state index in [0.29, 0.717) is 36.3 Å². The Balaban J connectivity index is 0.00000420. The highest BCUT2D eigenvalue weighted by molar-refractivity contribution is 14.0. The number of thiazole rings is 1. The molecule has 2 rings (SSSR count). The zero-order valence-corrected chi connectivity index (χ0v) is 21.2. The zero-order chi connectivity index (χ0) is 20.7. The van der Waals surface area contributed by atoms with Gasteiger partial charge in [0.05, 0.1) is 33.6 Å². The van der Waals surface area contributed by atoms with E-state index in [1.807, 2.05) is 12.1 Å². The fourth-order valence-electron chi connectivity index (χ4n) is 2.54. The van der Waals surface area contributed by atoms with Crippen LogP contribution in [0.4, 0.5) is 0 Å². The number of methoxy groups -OCH3 is 3. The first kappa shape index (κ1) is 25.3. The molecule has 2 aromatic rings. The summed E-state index contributed by atoms with van der Waals surface area (Å²) in [5.41, 5.74) is 2.15. The SMILES string of the molecule is CN=C(NCc1cc(OC)c(OC)c(OC)c1)NCc1nc(C(C)(C)C)cs1.I. The van der Waals surface area contributed by atoms with Gasteiger partial charge < -0.3 is 24.8 Å². The fraction of sp³-hybridized carbons (Fsp3) is 0.500. The van der Waals surface area contributed by atoms with Crippen LogP contribution in [0.2, 0.25) is 0 Å². The Hall–Kier alpha value is -1.75. The van der Waals surface area contributed by atoms with Gasteiger partial charge in [0.25, 0.3) is 0 Å². The van der Waals surface area contributed by atoms with Crippen LogP contribution in [0, 0.1) is 0 Å². The van der Waals surface area contributed by atoms with Crippen LogP contribution in [0.1, 0.15) is 37.0 Å². The number of nitrogens with zero attached hydrogens (tertiary/aromatic N) is 2. The van der Waals surface area contributed by atoms with Gasteiger partial charge in [0.1, 0.15) is 5.01 Å². The van der Waals surface area contributed by atoms with Crippen LogP contribution in [-0.4, -0.2) is 39.3 Å². The maximum atomic E-state index is 5.40. The largest absolute Gasteiger partial charge is 0.493 e. The number of benzene rings is 1. The molecule has 7 nitrogen and oxygen atoms in total. The van der Waals surface area contributed by atoms with Crippen molar-refractivity contribution in [3.63, 3.8) is 0 Å². The molecule has 0 aliphatic heterocycles. The molecule has 1 heterocycles. The Morgan fingerprint density at radius 3 is 2.07 bits per heavy atom. The van der Waals surface area contributed by atoms with Crippen LogP contribution in [0.15, 0.2) is 22.5 Å². The number of guanidine groups is 1. The van der Waals surface area contributed by atoms with E-state index >= 15 is 0 Å². The van der Waals surface area contributed by atoms with E-state index in [-0.39, 0.29) is 29.4 Å². The molecule has 0 bridgehead atoms. The molecule has 0 aliphatic carbocycles. The van der Waals surface area contributed by atoms with E-state index in [0.717, 1.165) is 16.3 Å².